The first-order chi connectivity index (χ1) is 8.18. The van der Waals surface area contributed by atoms with Gasteiger partial charge >= 0.3 is 0 Å². The fourth-order valence-corrected chi connectivity index (χ4v) is 2.15. The third-order valence-electron chi connectivity index (χ3n) is 2.15. The predicted molar refractivity (Wildman–Crippen MR) is 62.7 cm³/mol. The van der Waals surface area contributed by atoms with Gasteiger partial charge in [0.25, 0.3) is 10.1 Å². The number of hydrogen-bond donors (Lipinski definition) is 0. The molecule has 0 aliphatic heterocycles. The standard InChI is InChI=1S/C12H11NO3S/c14-17(15,12-7-4-8-13-9-12)16-10-11-5-2-1-3-6-11/h1-9H,10H2. The molecule has 2 aromatic rings. The minimum Gasteiger partial charge on any atom is -0.263 e. The number of pyridine rings is 1. The van der Waals surface area contributed by atoms with Crippen molar-refractivity contribution in [2.75, 3.05) is 0 Å². The van der Waals surface area contributed by atoms with E-state index in [0.717, 1.165) is 5.56 Å². The summed E-state index contributed by atoms with van der Waals surface area (Å²) in [5, 5.41) is 0. The molecule has 5 heteroatoms. The molecule has 1 heterocycles. The Bertz CT molecular complexity index is 567. The van der Waals surface area contributed by atoms with Crippen LogP contribution in [0, 0.1) is 0 Å². The highest BCUT2D eigenvalue weighted by Gasteiger charge is 2.14. The molecule has 0 unspecified atom stereocenters. The van der Waals surface area contributed by atoms with Gasteiger partial charge in [-0.15, -0.1) is 0 Å². The van der Waals surface area contributed by atoms with Crippen molar-refractivity contribution in [3.05, 3.63) is 60.4 Å². The first kappa shape index (κ1) is 11.8. The quantitative estimate of drug-likeness (QED) is 0.777. The molecule has 0 N–H and O–H groups in total. The molecule has 0 bridgehead atoms. The molecule has 0 fully saturated rings. The van der Waals surface area contributed by atoms with Gasteiger partial charge in [-0.05, 0) is 17.7 Å². The van der Waals surface area contributed by atoms with Crippen molar-refractivity contribution in [2.45, 2.75) is 11.5 Å². The van der Waals surface area contributed by atoms with E-state index in [1.807, 2.05) is 18.2 Å². The van der Waals surface area contributed by atoms with Crippen LogP contribution in [0.15, 0.2) is 59.8 Å². The van der Waals surface area contributed by atoms with Gasteiger partial charge in [0.15, 0.2) is 0 Å². The molecule has 0 aliphatic rings. The van der Waals surface area contributed by atoms with Crippen LogP contribution < -0.4 is 0 Å². The minimum atomic E-state index is -3.72. The summed E-state index contributed by atoms with van der Waals surface area (Å²) in [6.07, 6.45) is 2.77. The highest BCUT2D eigenvalue weighted by atomic mass is 32.2. The highest BCUT2D eigenvalue weighted by Crippen LogP contribution is 2.12. The van der Waals surface area contributed by atoms with Crippen LogP contribution in [0.3, 0.4) is 0 Å². The van der Waals surface area contributed by atoms with Gasteiger partial charge in [0.05, 0.1) is 6.61 Å². The van der Waals surface area contributed by atoms with Crippen molar-refractivity contribution in [1.82, 2.24) is 4.98 Å². The molecule has 0 atom stereocenters. The second-order valence-electron chi connectivity index (χ2n) is 3.39. The normalized spacial score (nSPS) is 11.3. The number of benzene rings is 1. The zero-order valence-corrected chi connectivity index (χ0v) is 9.80. The van der Waals surface area contributed by atoms with E-state index in [1.165, 1.54) is 18.5 Å². The summed E-state index contributed by atoms with van der Waals surface area (Å²) in [4.78, 5) is 3.81. The maximum absolute atomic E-state index is 11.7. The number of nitrogens with zero attached hydrogens (tertiary/aromatic N) is 1. The second kappa shape index (κ2) is 5.07. The van der Waals surface area contributed by atoms with Crippen LogP contribution in [0.25, 0.3) is 0 Å². The fourth-order valence-electron chi connectivity index (χ4n) is 1.28. The van der Waals surface area contributed by atoms with Crippen LogP contribution in [-0.2, 0) is 20.9 Å². The van der Waals surface area contributed by atoms with Crippen LogP contribution in [-0.4, -0.2) is 13.4 Å². The lowest BCUT2D eigenvalue weighted by Gasteiger charge is -2.04. The molecule has 0 radical (unpaired) electrons. The molecule has 17 heavy (non-hydrogen) atoms. The average molecular weight is 249 g/mol. The van der Waals surface area contributed by atoms with E-state index in [-0.39, 0.29) is 11.5 Å². The predicted octanol–water partition coefficient (Wildman–Crippen LogP) is 1.99. The maximum atomic E-state index is 11.7. The molecule has 0 saturated carbocycles. The molecular weight excluding hydrogens is 238 g/mol. The number of rotatable bonds is 4. The van der Waals surface area contributed by atoms with E-state index < -0.39 is 10.1 Å². The average Bonchev–Trinajstić information content (AvgIpc) is 2.39. The summed E-state index contributed by atoms with van der Waals surface area (Å²) < 4.78 is 28.4. The van der Waals surface area contributed by atoms with Crippen LogP contribution in [0.2, 0.25) is 0 Å². The van der Waals surface area contributed by atoms with Gasteiger partial charge < -0.3 is 0 Å². The Morgan fingerprint density at radius 2 is 1.82 bits per heavy atom. The topological polar surface area (TPSA) is 56.3 Å². The van der Waals surface area contributed by atoms with E-state index in [2.05, 4.69) is 4.98 Å². The van der Waals surface area contributed by atoms with Crippen molar-refractivity contribution < 1.29 is 12.6 Å². The Hall–Kier alpha value is -1.72. The molecule has 88 valence electrons. The molecule has 4 nitrogen and oxygen atoms in total. The summed E-state index contributed by atoms with van der Waals surface area (Å²) in [6, 6.07) is 12.1. The van der Waals surface area contributed by atoms with Gasteiger partial charge in [0, 0.05) is 12.4 Å². The molecule has 1 aromatic carbocycles. The van der Waals surface area contributed by atoms with E-state index in [0.29, 0.717) is 0 Å². The number of hydrogen-bond acceptors (Lipinski definition) is 4. The first-order valence-corrected chi connectivity index (χ1v) is 6.43. The van der Waals surface area contributed by atoms with E-state index >= 15 is 0 Å². The van der Waals surface area contributed by atoms with Crippen molar-refractivity contribution in [2.24, 2.45) is 0 Å². The lowest BCUT2D eigenvalue weighted by atomic mass is 10.2. The summed E-state index contributed by atoms with van der Waals surface area (Å²) in [5.74, 6) is 0. The van der Waals surface area contributed by atoms with Crippen molar-refractivity contribution in [3.8, 4) is 0 Å². The zero-order valence-electron chi connectivity index (χ0n) is 8.98. The second-order valence-corrected chi connectivity index (χ2v) is 5.01. The smallest absolute Gasteiger partial charge is 0.263 e. The maximum Gasteiger partial charge on any atom is 0.298 e. The monoisotopic (exact) mass is 249 g/mol. The van der Waals surface area contributed by atoms with Gasteiger partial charge in [-0.3, -0.25) is 9.17 Å². The van der Waals surface area contributed by atoms with Crippen molar-refractivity contribution in [3.63, 3.8) is 0 Å². The third kappa shape index (κ3) is 3.12. The lowest BCUT2D eigenvalue weighted by Crippen LogP contribution is -2.06. The van der Waals surface area contributed by atoms with E-state index in [1.54, 1.807) is 18.2 Å². The van der Waals surface area contributed by atoms with Crippen LogP contribution in [0.4, 0.5) is 0 Å². The molecule has 0 spiro atoms. The van der Waals surface area contributed by atoms with E-state index in [9.17, 15) is 8.42 Å². The van der Waals surface area contributed by atoms with Gasteiger partial charge in [0.2, 0.25) is 0 Å². The summed E-state index contributed by atoms with van der Waals surface area (Å²) in [5.41, 5.74) is 0.806. The Labute approximate surface area is 100 Å². The SMILES string of the molecule is O=S(=O)(OCc1ccccc1)c1cccnc1. The summed E-state index contributed by atoms with van der Waals surface area (Å²) in [7, 11) is -3.72. The van der Waals surface area contributed by atoms with Gasteiger partial charge in [-0.2, -0.15) is 8.42 Å². The Morgan fingerprint density at radius 3 is 2.47 bits per heavy atom. The minimum absolute atomic E-state index is 0.0259. The summed E-state index contributed by atoms with van der Waals surface area (Å²) in [6.45, 7) is 0.0259. The Morgan fingerprint density at radius 1 is 1.06 bits per heavy atom. The molecule has 0 amide bonds. The zero-order chi connectivity index (χ0) is 12.1. The first-order valence-electron chi connectivity index (χ1n) is 5.02. The summed E-state index contributed by atoms with van der Waals surface area (Å²) >= 11 is 0. The Kier molecular flexibility index (Phi) is 3.51. The van der Waals surface area contributed by atoms with Gasteiger partial charge in [-0.25, -0.2) is 0 Å². The highest BCUT2D eigenvalue weighted by molar-refractivity contribution is 7.86. The van der Waals surface area contributed by atoms with Crippen molar-refractivity contribution >= 4 is 10.1 Å². The lowest BCUT2D eigenvalue weighted by molar-refractivity contribution is 0.308. The van der Waals surface area contributed by atoms with Crippen LogP contribution in [0.5, 0.6) is 0 Å². The fraction of sp³-hybridized carbons (Fsp3) is 0.0833. The van der Waals surface area contributed by atoms with Crippen molar-refractivity contribution in [1.29, 1.82) is 0 Å². The van der Waals surface area contributed by atoms with E-state index in [4.69, 9.17) is 4.18 Å². The number of aromatic nitrogens is 1. The molecule has 0 aliphatic carbocycles. The largest absolute Gasteiger partial charge is 0.298 e. The molecule has 0 saturated heterocycles. The Balaban J connectivity index is 2.09. The van der Waals surface area contributed by atoms with Crippen LogP contribution in [0.1, 0.15) is 5.56 Å². The molecule has 1 aromatic heterocycles. The van der Waals surface area contributed by atoms with Crippen LogP contribution >= 0.6 is 0 Å². The molecular formula is C12H11NO3S. The third-order valence-corrected chi connectivity index (χ3v) is 3.39. The molecule has 2 rings (SSSR count). The van der Waals surface area contributed by atoms with Gasteiger partial charge in [-0.1, -0.05) is 30.3 Å². The van der Waals surface area contributed by atoms with Gasteiger partial charge in [0.1, 0.15) is 4.90 Å².